The second-order valence-electron chi connectivity index (χ2n) is 4.52. The van der Waals surface area contributed by atoms with Gasteiger partial charge in [-0.25, -0.2) is 12.7 Å². The molecular formula is C13H22N2O3S. The van der Waals surface area contributed by atoms with E-state index in [9.17, 15) is 13.5 Å². The lowest BCUT2D eigenvalue weighted by atomic mass is 10.3. The first kappa shape index (κ1) is 15.9. The number of nitrogens with one attached hydrogen (secondary N) is 1. The van der Waals surface area contributed by atoms with E-state index in [0.717, 1.165) is 12.2 Å². The Kier molecular flexibility index (Phi) is 5.78. The summed E-state index contributed by atoms with van der Waals surface area (Å²) in [7, 11) is -1.95. The van der Waals surface area contributed by atoms with E-state index in [0.29, 0.717) is 13.0 Å². The van der Waals surface area contributed by atoms with Gasteiger partial charge in [0.15, 0.2) is 0 Å². The van der Waals surface area contributed by atoms with Gasteiger partial charge in [-0.2, -0.15) is 0 Å². The average molecular weight is 286 g/mol. The van der Waals surface area contributed by atoms with Crippen molar-refractivity contribution >= 4 is 15.7 Å². The molecule has 1 aromatic rings. The molecule has 0 spiro atoms. The first-order valence-corrected chi connectivity index (χ1v) is 7.80. The van der Waals surface area contributed by atoms with Crippen molar-refractivity contribution in [1.29, 1.82) is 0 Å². The highest BCUT2D eigenvalue weighted by atomic mass is 32.2. The molecule has 0 amide bonds. The molecule has 0 bridgehead atoms. The third-order valence-electron chi connectivity index (χ3n) is 2.81. The maximum absolute atomic E-state index is 12.2. The lowest BCUT2D eigenvalue weighted by Gasteiger charge is -2.18. The van der Waals surface area contributed by atoms with Crippen molar-refractivity contribution in [2.24, 2.45) is 0 Å². The summed E-state index contributed by atoms with van der Waals surface area (Å²) in [5.41, 5.74) is 0.896. The van der Waals surface area contributed by atoms with Gasteiger partial charge in [-0.1, -0.05) is 0 Å². The van der Waals surface area contributed by atoms with Crippen molar-refractivity contribution in [3.8, 4) is 0 Å². The zero-order valence-corrected chi connectivity index (χ0v) is 12.4. The topological polar surface area (TPSA) is 69.6 Å². The highest BCUT2D eigenvalue weighted by molar-refractivity contribution is 7.89. The van der Waals surface area contributed by atoms with Crippen LogP contribution in [-0.4, -0.2) is 44.1 Å². The number of sulfonamides is 1. The second kappa shape index (κ2) is 6.88. The molecule has 0 aliphatic rings. The van der Waals surface area contributed by atoms with Crippen molar-refractivity contribution in [1.82, 2.24) is 4.31 Å². The molecule has 0 saturated carbocycles. The van der Waals surface area contributed by atoms with Gasteiger partial charge in [-0.05, 0) is 44.5 Å². The van der Waals surface area contributed by atoms with Gasteiger partial charge < -0.3 is 10.4 Å². The molecule has 0 radical (unpaired) electrons. The van der Waals surface area contributed by atoms with E-state index in [2.05, 4.69) is 5.32 Å². The smallest absolute Gasteiger partial charge is 0.242 e. The molecule has 5 nitrogen and oxygen atoms in total. The SMILES string of the molecule is CCNc1ccc(S(=O)(=O)N(C)CCC(C)O)cc1. The molecule has 0 aliphatic heterocycles. The van der Waals surface area contributed by atoms with E-state index in [-0.39, 0.29) is 4.90 Å². The molecule has 0 saturated heterocycles. The summed E-state index contributed by atoms with van der Waals surface area (Å²) in [6.45, 7) is 4.72. The van der Waals surface area contributed by atoms with Crippen LogP contribution in [0, 0.1) is 0 Å². The Morgan fingerprint density at radius 1 is 1.32 bits per heavy atom. The van der Waals surface area contributed by atoms with Crippen LogP contribution in [0.4, 0.5) is 5.69 Å². The monoisotopic (exact) mass is 286 g/mol. The summed E-state index contributed by atoms with van der Waals surface area (Å²) >= 11 is 0. The zero-order chi connectivity index (χ0) is 14.5. The number of rotatable bonds is 7. The largest absolute Gasteiger partial charge is 0.393 e. The normalized spacial score (nSPS) is 13.5. The predicted molar refractivity (Wildman–Crippen MR) is 76.7 cm³/mol. The van der Waals surface area contributed by atoms with Crippen LogP contribution in [0.15, 0.2) is 29.2 Å². The number of nitrogens with zero attached hydrogens (tertiary/aromatic N) is 1. The van der Waals surface area contributed by atoms with Crippen LogP contribution in [0.5, 0.6) is 0 Å². The molecule has 0 aliphatic carbocycles. The minimum Gasteiger partial charge on any atom is -0.393 e. The summed E-state index contributed by atoms with van der Waals surface area (Å²) < 4.78 is 25.7. The maximum Gasteiger partial charge on any atom is 0.242 e. The summed E-state index contributed by atoms with van der Waals surface area (Å²) in [6.07, 6.45) is -0.0839. The Morgan fingerprint density at radius 2 is 1.89 bits per heavy atom. The van der Waals surface area contributed by atoms with E-state index < -0.39 is 16.1 Å². The van der Waals surface area contributed by atoms with Gasteiger partial charge in [0.25, 0.3) is 0 Å². The first-order valence-electron chi connectivity index (χ1n) is 6.36. The Balaban J connectivity index is 2.81. The molecule has 1 rings (SSSR count). The van der Waals surface area contributed by atoms with Gasteiger partial charge in [0.1, 0.15) is 0 Å². The van der Waals surface area contributed by atoms with Gasteiger partial charge in [0.05, 0.1) is 11.0 Å². The standard InChI is InChI=1S/C13H22N2O3S/c1-4-14-12-5-7-13(8-6-12)19(17,18)15(3)10-9-11(2)16/h5-8,11,14,16H,4,9-10H2,1-3H3. The first-order chi connectivity index (χ1) is 8.87. The highest BCUT2D eigenvalue weighted by Gasteiger charge is 2.20. The minimum absolute atomic E-state index is 0.266. The molecule has 19 heavy (non-hydrogen) atoms. The fraction of sp³-hybridized carbons (Fsp3) is 0.538. The summed E-state index contributed by atoms with van der Waals surface area (Å²) in [5.74, 6) is 0. The molecule has 0 aromatic heterocycles. The number of anilines is 1. The van der Waals surface area contributed by atoms with Crippen molar-refractivity contribution in [3.05, 3.63) is 24.3 Å². The third kappa shape index (κ3) is 4.49. The molecule has 1 atom stereocenters. The Morgan fingerprint density at radius 3 is 2.37 bits per heavy atom. The van der Waals surface area contributed by atoms with E-state index >= 15 is 0 Å². The predicted octanol–water partition coefficient (Wildman–Crippen LogP) is 1.51. The third-order valence-corrected chi connectivity index (χ3v) is 4.68. The highest BCUT2D eigenvalue weighted by Crippen LogP contribution is 2.17. The fourth-order valence-electron chi connectivity index (χ4n) is 1.62. The minimum atomic E-state index is -3.47. The second-order valence-corrected chi connectivity index (χ2v) is 6.56. The van der Waals surface area contributed by atoms with Gasteiger partial charge in [0.2, 0.25) is 10.0 Å². The van der Waals surface area contributed by atoms with Crippen LogP contribution < -0.4 is 5.32 Å². The Bertz CT molecular complexity index is 483. The number of benzene rings is 1. The van der Waals surface area contributed by atoms with E-state index in [1.807, 2.05) is 6.92 Å². The molecule has 108 valence electrons. The van der Waals surface area contributed by atoms with E-state index in [1.165, 1.54) is 11.4 Å². The lowest BCUT2D eigenvalue weighted by Crippen LogP contribution is -2.29. The summed E-state index contributed by atoms with van der Waals surface area (Å²) in [5, 5.41) is 12.3. The van der Waals surface area contributed by atoms with Gasteiger partial charge in [0, 0.05) is 25.8 Å². The fourth-order valence-corrected chi connectivity index (χ4v) is 2.80. The van der Waals surface area contributed by atoms with Crippen LogP contribution in [0.3, 0.4) is 0 Å². The molecule has 1 unspecified atom stereocenters. The van der Waals surface area contributed by atoms with Gasteiger partial charge in [-0.15, -0.1) is 0 Å². The number of aliphatic hydroxyl groups excluding tert-OH is 1. The van der Waals surface area contributed by atoms with E-state index in [4.69, 9.17) is 0 Å². The number of aliphatic hydroxyl groups is 1. The zero-order valence-electron chi connectivity index (χ0n) is 11.6. The Hall–Kier alpha value is -1.11. The average Bonchev–Trinajstić information content (AvgIpc) is 2.36. The van der Waals surface area contributed by atoms with Crippen molar-refractivity contribution in [2.45, 2.75) is 31.3 Å². The number of hydrogen-bond acceptors (Lipinski definition) is 4. The number of hydrogen-bond donors (Lipinski definition) is 2. The van der Waals surface area contributed by atoms with Gasteiger partial charge >= 0.3 is 0 Å². The molecule has 1 aromatic carbocycles. The van der Waals surface area contributed by atoms with Crippen LogP contribution in [0.25, 0.3) is 0 Å². The lowest BCUT2D eigenvalue weighted by molar-refractivity contribution is 0.177. The van der Waals surface area contributed by atoms with Crippen molar-refractivity contribution in [3.63, 3.8) is 0 Å². The van der Waals surface area contributed by atoms with Crippen LogP contribution >= 0.6 is 0 Å². The quantitative estimate of drug-likeness (QED) is 0.797. The van der Waals surface area contributed by atoms with E-state index in [1.54, 1.807) is 31.2 Å². The molecular weight excluding hydrogens is 264 g/mol. The maximum atomic E-state index is 12.2. The molecule has 0 fully saturated rings. The van der Waals surface area contributed by atoms with Crippen molar-refractivity contribution in [2.75, 3.05) is 25.5 Å². The van der Waals surface area contributed by atoms with Crippen LogP contribution in [0.1, 0.15) is 20.3 Å². The van der Waals surface area contributed by atoms with Crippen molar-refractivity contribution < 1.29 is 13.5 Å². The summed E-state index contributed by atoms with van der Waals surface area (Å²) in [4.78, 5) is 0.266. The van der Waals surface area contributed by atoms with Crippen LogP contribution in [-0.2, 0) is 10.0 Å². The van der Waals surface area contributed by atoms with Crippen LogP contribution in [0.2, 0.25) is 0 Å². The molecule has 6 heteroatoms. The molecule has 2 N–H and O–H groups in total. The van der Waals surface area contributed by atoms with Gasteiger partial charge in [-0.3, -0.25) is 0 Å². The Labute approximate surface area is 115 Å². The molecule has 0 heterocycles. The summed E-state index contributed by atoms with van der Waals surface area (Å²) in [6, 6.07) is 6.68.